The zero-order valence-corrected chi connectivity index (χ0v) is 16.3. The summed E-state index contributed by atoms with van der Waals surface area (Å²) in [6.07, 6.45) is 2.04. The van der Waals surface area contributed by atoms with Crippen molar-refractivity contribution in [2.24, 2.45) is 0 Å². The second-order valence-electron chi connectivity index (χ2n) is 6.28. The van der Waals surface area contributed by atoms with Gasteiger partial charge in [-0.05, 0) is 52.4 Å². The quantitative estimate of drug-likeness (QED) is 0.249. The number of hydrogen-bond donors (Lipinski definition) is 0. The third-order valence-corrected chi connectivity index (χ3v) is 5.17. The summed E-state index contributed by atoms with van der Waals surface area (Å²) in [5.41, 5.74) is 4.19. The fourth-order valence-electron chi connectivity index (χ4n) is 3.16. The van der Waals surface area contributed by atoms with Crippen LogP contribution in [0.4, 0.5) is 0 Å². The molecule has 0 aliphatic rings. The van der Waals surface area contributed by atoms with Gasteiger partial charge in [-0.1, -0.05) is 54.6 Å². The molecule has 3 nitrogen and oxygen atoms in total. The maximum Gasteiger partial charge on any atom is 0.245 e. The number of halogens is 1. The van der Waals surface area contributed by atoms with Gasteiger partial charge in [0.15, 0.2) is 17.6 Å². The van der Waals surface area contributed by atoms with Gasteiger partial charge in [-0.15, -0.1) is 0 Å². The first-order chi connectivity index (χ1) is 12.7. The lowest BCUT2D eigenvalue weighted by molar-refractivity contribution is -0.663. The highest BCUT2D eigenvalue weighted by atomic mass is 127. The highest BCUT2D eigenvalue weighted by Crippen LogP contribution is 2.14. The van der Waals surface area contributed by atoms with Gasteiger partial charge in [-0.2, -0.15) is 0 Å². The van der Waals surface area contributed by atoms with Crippen LogP contribution in [0.2, 0.25) is 0 Å². The summed E-state index contributed by atoms with van der Waals surface area (Å²) in [5, 5.41) is 0. The molecule has 1 aromatic heterocycles. The van der Waals surface area contributed by atoms with Crippen molar-refractivity contribution in [1.29, 1.82) is 0 Å². The van der Waals surface area contributed by atoms with Crippen LogP contribution >= 0.6 is 22.6 Å². The lowest BCUT2D eigenvalue weighted by Gasteiger charge is -2.00. The van der Waals surface area contributed by atoms with E-state index in [1.165, 1.54) is 5.56 Å². The molecule has 4 rings (SSSR count). The Morgan fingerprint density at radius 3 is 2.35 bits per heavy atom. The van der Waals surface area contributed by atoms with Crippen LogP contribution in [-0.2, 0) is 13.1 Å². The molecule has 0 radical (unpaired) electrons. The molecule has 1 heterocycles. The van der Waals surface area contributed by atoms with Crippen LogP contribution in [0.5, 0.6) is 0 Å². The average molecular weight is 453 g/mol. The Balaban J connectivity index is 1.67. The number of hydrogen-bond acceptors (Lipinski definition) is 1. The first-order valence-electron chi connectivity index (χ1n) is 8.51. The Hall–Kier alpha value is -2.47. The van der Waals surface area contributed by atoms with E-state index < -0.39 is 0 Å². The lowest BCUT2D eigenvalue weighted by Crippen LogP contribution is -2.33. The molecule has 0 bridgehead atoms. The molecule has 0 unspecified atom stereocenters. The van der Waals surface area contributed by atoms with Crippen molar-refractivity contribution in [2.45, 2.75) is 13.1 Å². The van der Waals surface area contributed by atoms with E-state index in [0.29, 0.717) is 6.54 Å². The number of carbonyl (C=O) groups excluding carboxylic acids is 1. The van der Waals surface area contributed by atoms with E-state index in [1.54, 1.807) is 0 Å². The van der Waals surface area contributed by atoms with Gasteiger partial charge < -0.3 is 0 Å². The van der Waals surface area contributed by atoms with E-state index in [4.69, 9.17) is 0 Å². The number of rotatable bonds is 5. The Labute approximate surface area is 166 Å². The number of nitrogens with zero attached hydrogens (tertiary/aromatic N) is 2. The van der Waals surface area contributed by atoms with Crippen LogP contribution in [0.1, 0.15) is 15.9 Å². The first-order valence-corrected chi connectivity index (χ1v) is 9.58. The molecule has 0 aliphatic carbocycles. The summed E-state index contributed by atoms with van der Waals surface area (Å²) in [5.74, 6) is 0.119. The minimum Gasteiger partial charge on any atom is -0.290 e. The number of benzene rings is 3. The maximum atomic E-state index is 12.7. The van der Waals surface area contributed by atoms with Crippen molar-refractivity contribution in [3.05, 3.63) is 99.9 Å². The summed E-state index contributed by atoms with van der Waals surface area (Å²) in [4.78, 5) is 12.7. The van der Waals surface area contributed by atoms with Crippen LogP contribution < -0.4 is 4.57 Å². The molecular formula is C22H18IN2O+. The number of ketones is 1. The van der Waals surface area contributed by atoms with Crippen LogP contribution in [-0.4, -0.2) is 10.4 Å². The zero-order chi connectivity index (χ0) is 17.9. The highest BCUT2D eigenvalue weighted by Gasteiger charge is 2.18. The smallest absolute Gasteiger partial charge is 0.245 e. The SMILES string of the molecule is O=C(Cn1c[n+](Cc2ccccc2)c2ccccc21)c1ccc(I)cc1. The zero-order valence-electron chi connectivity index (χ0n) is 14.2. The maximum absolute atomic E-state index is 12.7. The van der Waals surface area contributed by atoms with Crippen molar-refractivity contribution in [3.63, 3.8) is 0 Å². The van der Waals surface area contributed by atoms with Gasteiger partial charge in [-0.3, -0.25) is 4.79 Å². The Morgan fingerprint density at radius 2 is 1.58 bits per heavy atom. The number of aromatic nitrogens is 2. The Kier molecular flexibility index (Phi) is 4.84. The third-order valence-electron chi connectivity index (χ3n) is 4.46. The molecule has 0 saturated heterocycles. The Morgan fingerprint density at radius 1 is 0.885 bits per heavy atom. The van der Waals surface area contributed by atoms with Crippen molar-refractivity contribution in [3.8, 4) is 0 Å². The van der Waals surface area contributed by atoms with Crippen LogP contribution in [0.3, 0.4) is 0 Å². The molecule has 0 aliphatic heterocycles. The number of carbonyl (C=O) groups is 1. The molecule has 0 spiro atoms. The molecule has 0 amide bonds. The fraction of sp³-hybridized carbons (Fsp3) is 0.0909. The summed E-state index contributed by atoms with van der Waals surface area (Å²) in [6.45, 7) is 1.12. The predicted molar refractivity (Wildman–Crippen MR) is 111 cm³/mol. The highest BCUT2D eigenvalue weighted by molar-refractivity contribution is 14.1. The van der Waals surface area contributed by atoms with Crippen molar-refractivity contribution in [1.82, 2.24) is 4.57 Å². The van der Waals surface area contributed by atoms with Gasteiger partial charge in [0, 0.05) is 9.13 Å². The Bertz CT molecular complexity index is 1050. The molecule has 3 aromatic carbocycles. The molecule has 4 aromatic rings. The van der Waals surface area contributed by atoms with Crippen molar-refractivity contribution in [2.75, 3.05) is 0 Å². The number of Topliss-reactive ketones (excluding diaryl/α,β-unsaturated/α-hetero) is 1. The van der Waals surface area contributed by atoms with Crippen molar-refractivity contribution >= 4 is 39.4 Å². The molecule has 0 atom stereocenters. The normalized spacial score (nSPS) is 11.0. The van der Waals surface area contributed by atoms with E-state index >= 15 is 0 Å². The second kappa shape index (κ2) is 7.41. The van der Waals surface area contributed by atoms with Crippen LogP contribution in [0.15, 0.2) is 85.2 Å². The minimum atomic E-state index is 0.119. The fourth-order valence-corrected chi connectivity index (χ4v) is 3.52. The van der Waals surface area contributed by atoms with E-state index in [1.807, 2.05) is 53.4 Å². The molecule has 4 heteroatoms. The van der Waals surface area contributed by atoms with Gasteiger partial charge in [0.25, 0.3) is 0 Å². The van der Waals surface area contributed by atoms with Gasteiger partial charge in [0.2, 0.25) is 12.1 Å². The van der Waals surface area contributed by atoms with Gasteiger partial charge in [0.1, 0.15) is 6.54 Å². The standard InChI is InChI=1S/C22H18IN2O/c23-19-12-10-18(11-13-19)22(26)15-25-16-24(14-17-6-2-1-3-7-17)20-8-4-5-9-21(20)25/h1-13,16H,14-15H2/q+1. The summed E-state index contributed by atoms with van der Waals surface area (Å²) < 4.78 is 5.37. The van der Waals surface area contributed by atoms with E-state index in [2.05, 4.69) is 63.6 Å². The molecule has 0 fully saturated rings. The van der Waals surface area contributed by atoms with Gasteiger partial charge >= 0.3 is 0 Å². The van der Waals surface area contributed by atoms with E-state index in [-0.39, 0.29) is 5.78 Å². The van der Waals surface area contributed by atoms with E-state index in [9.17, 15) is 4.79 Å². The number of para-hydroxylation sites is 2. The largest absolute Gasteiger partial charge is 0.290 e. The topological polar surface area (TPSA) is 25.9 Å². The molecule has 0 saturated carbocycles. The summed E-state index contributed by atoms with van der Waals surface area (Å²) in [6, 6.07) is 26.3. The molecule has 128 valence electrons. The second-order valence-corrected chi connectivity index (χ2v) is 7.52. The third kappa shape index (κ3) is 3.55. The van der Waals surface area contributed by atoms with Gasteiger partial charge in [-0.25, -0.2) is 9.13 Å². The minimum absolute atomic E-state index is 0.119. The van der Waals surface area contributed by atoms with Crippen LogP contribution in [0.25, 0.3) is 11.0 Å². The molecular weight excluding hydrogens is 435 g/mol. The summed E-state index contributed by atoms with van der Waals surface area (Å²) in [7, 11) is 0. The number of imidazole rings is 1. The summed E-state index contributed by atoms with van der Waals surface area (Å²) >= 11 is 2.25. The first kappa shape index (κ1) is 17.0. The average Bonchev–Trinajstić information content (AvgIpc) is 3.01. The van der Waals surface area contributed by atoms with E-state index in [0.717, 1.165) is 26.7 Å². The molecule has 0 N–H and O–H groups in total. The predicted octanol–water partition coefficient (Wildman–Crippen LogP) is 4.46. The monoisotopic (exact) mass is 453 g/mol. The van der Waals surface area contributed by atoms with Crippen molar-refractivity contribution < 1.29 is 9.36 Å². The lowest BCUT2D eigenvalue weighted by atomic mass is 10.1. The number of fused-ring (bicyclic) bond motifs is 1. The van der Waals surface area contributed by atoms with Gasteiger partial charge in [0.05, 0.1) is 0 Å². The molecule has 26 heavy (non-hydrogen) atoms. The van der Waals surface area contributed by atoms with Crippen LogP contribution in [0, 0.1) is 3.57 Å².